The average Bonchev–Trinajstić information content (AvgIpc) is 3.01. The van der Waals surface area contributed by atoms with Crippen molar-refractivity contribution in [2.75, 3.05) is 39.0 Å². The highest BCUT2D eigenvalue weighted by Gasteiger charge is 2.19. The van der Waals surface area contributed by atoms with Crippen LogP contribution in [0.4, 0.5) is 5.82 Å². The Balaban J connectivity index is 1.54. The van der Waals surface area contributed by atoms with Gasteiger partial charge in [0.15, 0.2) is 0 Å². The van der Waals surface area contributed by atoms with Crippen molar-refractivity contribution in [3.8, 4) is 0 Å². The fraction of sp³-hybridized carbons (Fsp3) is 0.500. The summed E-state index contributed by atoms with van der Waals surface area (Å²) in [5, 5.41) is 11.6. The standard InChI is InChI=1S/C18H27N5/c1-22(2)14-17(10-15-6-4-3-5-7-15)19-11-16-12-20-18-8-9-21-23(18)13-16/h3-9,16-17,19-20H,10-14H2,1-2H3/t16-,17-/m1/s1. The van der Waals surface area contributed by atoms with Gasteiger partial charge in [0.2, 0.25) is 0 Å². The molecule has 0 radical (unpaired) electrons. The van der Waals surface area contributed by atoms with Crippen molar-refractivity contribution < 1.29 is 0 Å². The Morgan fingerprint density at radius 1 is 1.30 bits per heavy atom. The molecule has 124 valence electrons. The van der Waals surface area contributed by atoms with E-state index in [4.69, 9.17) is 0 Å². The van der Waals surface area contributed by atoms with E-state index in [2.05, 4.69) is 69.7 Å². The van der Waals surface area contributed by atoms with Gasteiger partial charge in [-0.05, 0) is 26.1 Å². The van der Waals surface area contributed by atoms with E-state index >= 15 is 0 Å². The van der Waals surface area contributed by atoms with Gasteiger partial charge in [-0.15, -0.1) is 0 Å². The molecule has 0 aliphatic carbocycles. The zero-order chi connectivity index (χ0) is 16.1. The van der Waals surface area contributed by atoms with Gasteiger partial charge in [-0.3, -0.25) is 0 Å². The largest absolute Gasteiger partial charge is 0.370 e. The molecule has 0 spiro atoms. The van der Waals surface area contributed by atoms with Gasteiger partial charge in [0, 0.05) is 44.2 Å². The topological polar surface area (TPSA) is 45.1 Å². The summed E-state index contributed by atoms with van der Waals surface area (Å²) < 4.78 is 2.06. The zero-order valence-corrected chi connectivity index (χ0v) is 14.1. The van der Waals surface area contributed by atoms with Crippen molar-refractivity contribution >= 4 is 5.82 Å². The Labute approximate surface area is 138 Å². The molecular weight excluding hydrogens is 286 g/mol. The number of aromatic nitrogens is 2. The highest BCUT2D eigenvalue weighted by Crippen LogP contribution is 2.16. The lowest BCUT2D eigenvalue weighted by Crippen LogP contribution is -2.44. The van der Waals surface area contributed by atoms with Crippen LogP contribution in [0.25, 0.3) is 0 Å². The first-order valence-corrected chi connectivity index (χ1v) is 8.38. The number of anilines is 1. The van der Waals surface area contributed by atoms with Gasteiger partial charge in [0.05, 0.1) is 6.20 Å². The fourth-order valence-electron chi connectivity index (χ4n) is 3.20. The minimum absolute atomic E-state index is 0.464. The summed E-state index contributed by atoms with van der Waals surface area (Å²) in [5.41, 5.74) is 1.39. The molecule has 0 fully saturated rings. The number of nitrogens with one attached hydrogen (secondary N) is 2. The van der Waals surface area contributed by atoms with Crippen LogP contribution in [0.2, 0.25) is 0 Å². The number of nitrogens with zero attached hydrogens (tertiary/aromatic N) is 3. The van der Waals surface area contributed by atoms with Gasteiger partial charge >= 0.3 is 0 Å². The van der Waals surface area contributed by atoms with Gasteiger partial charge in [-0.1, -0.05) is 30.3 Å². The second-order valence-electron chi connectivity index (χ2n) is 6.70. The molecule has 5 nitrogen and oxygen atoms in total. The van der Waals surface area contributed by atoms with E-state index in [0.29, 0.717) is 12.0 Å². The van der Waals surface area contributed by atoms with Crippen LogP contribution in [0.15, 0.2) is 42.6 Å². The van der Waals surface area contributed by atoms with Crippen LogP contribution in [-0.2, 0) is 13.0 Å². The number of fused-ring (bicyclic) bond motifs is 1. The molecule has 3 rings (SSSR count). The van der Waals surface area contributed by atoms with Gasteiger partial charge in [-0.25, -0.2) is 4.68 Å². The second kappa shape index (κ2) is 7.62. The summed E-state index contributed by atoms with van der Waals surface area (Å²) >= 11 is 0. The van der Waals surface area contributed by atoms with Crippen molar-refractivity contribution in [2.45, 2.75) is 19.0 Å². The first kappa shape index (κ1) is 16.0. The van der Waals surface area contributed by atoms with E-state index in [1.54, 1.807) is 0 Å². The van der Waals surface area contributed by atoms with Crippen LogP contribution in [0.5, 0.6) is 0 Å². The maximum atomic E-state index is 4.37. The minimum atomic E-state index is 0.464. The lowest BCUT2D eigenvalue weighted by molar-refractivity contribution is 0.309. The summed E-state index contributed by atoms with van der Waals surface area (Å²) in [6.45, 7) is 4.06. The van der Waals surface area contributed by atoms with Gasteiger partial charge in [0.25, 0.3) is 0 Å². The quantitative estimate of drug-likeness (QED) is 0.816. The average molecular weight is 313 g/mol. The lowest BCUT2D eigenvalue weighted by atomic mass is 10.0. The Kier molecular flexibility index (Phi) is 5.31. The highest BCUT2D eigenvalue weighted by atomic mass is 15.3. The molecule has 0 saturated carbocycles. The Morgan fingerprint density at radius 2 is 2.13 bits per heavy atom. The normalized spacial score (nSPS) is 18.5. The number of hydrogen-bond acceptors (Lipinski definition) is 4. The molecule has 0 unspecified atom stereocenters. The molecule has 2 atom stereocenters. The zero-order valence-electron chi connectivity index (χ0n) is 14.1. The molecule has 0 bridgehead atoms. The van der Waals surface area contributed by atoms with E-state index in [-0.39, 0.29) is 0 Å². The van der Waals surface area contributed by atoms with Crippen molar-refractivity contribution in [1.82, 2.24) is 20.0 Å². The maximum Gasteiger partial charge on any atom is 0.124 e. The van der Waals surface area contributed by atoms with Crippen molar-refractivity contribution in [3.05, 3.63) is 48.2 Å². The van der Waals surface area contributed by atoms with Crippen molar-refractivity contribution in [3.63, 3.8) is 0 Å². The molecule has 1 aromatic carbocycles. The van der Waals surface area contributed by atoms with E-state index in [9.17, 15) is 0 Å². The number of hydrogen-bond donors (Lipinski definition) is 2. The van der Waals surface area contributed by atoms with Gasteiger partial charge < -0.3 is 15.5 Å². The Morgan fingerprint density at radius 3 is 2.91 bits per heavy atom. The van der Waals surface area contributed by atoms with Crippen LogP contribution in [0.1, 0.15) is 5.56 Å². The summed E-state index contributed by atoms with van der Waals surface area (Å²) in [5.74, 6) is 1.71. The predicted molar refractivity (Wildman–Crippen MR) is 94.7 cm³/mol. The molecule has 5 heteroatoms. The fourth-order valence-corrected chi connectivity index (χ4v) is 3.20. The van der Waals surface area contributed by atoms with E-state index in [1.165, 1.54) is 5.56 Å². The first-order chi connectivity index (χ1) is 11.2. The maximum absolute atomic E-state index is 4.37. The number of likely N-dealkylation sites (N-methyl/N-ethyl adjacent to an activating group) is 1. The van der Waals surface area contributed by atoms with Crippen LogP contribution in [-0.4, -0.2) is 54.5 Å². The molecule has 2 heterocycles. The SMILES string of the molecule is CN(C)C[C@@H](Cc1ccccc1)NC[C@@H]1CNc2ccnn2C1. The summed E-state index contributed by atoms with van der Waals surface area (Å²) in [6, 6.07) is 13.2. The molecule has 2 N–H and O–H groups in total. The molecular formula is C18H27N5. The molecule has 1 aliphatic rings. The molecule has 1 aromatic heterocycles. The van der Waals surface area contributed by atoms with Crippen LogP contribution < -0.4 is 10.6 Å². The summed E-state index contributed by atoms with van der Waals surface area (Å²) in [6.07, 6.45) is 2.93. The van der Waals surface area contributed by atoms with Crippen LogP contribution >= 0.6 is 0 Å². The van der Waals surface area contributed by atoms with E-state index in [1.807, 2.05) is 12.3 Å². The first-order valence-electron chi connectivity index (χ1n) is 8.38. The minimum Gasteiger partial charge on any atom is -0.370 e. The summed E-state index contributed by atoms with van der Waals surface area (Å²) in [4.78, 5) is 2.26. The third-order valence-electron chi connectivity index (χ3n) is 4.33. The van der Waals surface area contributed by atoms with Crippen molar-refractivity contribution in [1.29, 1.82) is 0 Å². The second-order valence-corrected chi connectivity index (χ2v) is 6.70. The van der Waals surface area contributed by atoms with Crippen LogP contribution in [0, 0.1) is 5.92 Å². The third kappa shape index (κ3) is 4.56. The Hall–Kier alpha value is -1.85. The molecule has 0 amide bonds. The van der Waals surface area contributed by atoms with Crippen molar-refractivity contribution in [2.24, 2.45) is 5.92 Å². The molecule has 2 aromatic rings. The smallest absolute Gasteiger partial charge is 0.124 e. The van der Waals surface area contributed by atoms with E-state index in [0.717, 1.165) is 38.4 Å². The Bertz CT molecular complexity index is 592. The highest BCUT2D eigenvalue weighted by molar-refractivity contribution is 5.35. The number of rotatable bonds is 7. The number of benzene rings is 1. The third-order valence-corrected chi connectivity index (χ3v) is 4.33. The molecule has 1 aliphatic heterocycles. The molecule has 23 heavy (non-hydrogen) atoms. The van der Waals surface area contributed by atoms with Crippen LogP contribution in [0.3, 0.4) is 0 Å². The van der Waals surface area contributed by atoms with E-state index < -0.39 is 0 Å². The lowest BCUT2D eigenvalue weighted by Gasteiger charge is -2.28. The summed E-state index contributed by atoms with van der Waals surface area (Å²) in [7, 11) is 4.27. The predicted octanol–water partition coefficient (Wildman–Crippen LogP) is 1.69. The monoisotopic (exact) mass is 313 g/mol. The van der Waals surface area contributed by atoms with Gasteiger partial charge in [-0.2, -0.15) is 5.10 Å². The molecule has 0 saturated heterocycles. The van der Waals surface area contributed by atoms with Gasteiger partial charge in [0.1, 0.15) is 5.82 Å².